The Morgan fingerprint density at radius 2 is 2.00 bits per heavy atom. The summed E-state index contributed by atoms with van der Waals surface area (Å²) in [6.07, 6.45) is 3.46. The van der Waals surface area contributed by atoms with Crippen LogP contribution in [0.2, 0.25) is 0 Å². The van der Waals surface area contributed by atoms with Gasteiger partial charge in [-0.2, -0.15) is 0 Å². The van der Waals surface area contributed by atoms with Crippen molar-refractivity contribution in [2.45, 2.75) is 51.4 Å². The third-order valence-electron chi connectivity index (χ3n) is 3.69. The fraction of sp³-hybridized carbons (Fsp3) is 0.625. The standard InChI is InChI=1S/C16H26N2O2S/c1-3-17-11-15-5-4-6-16(10-15)12-21(19,20)18-13(2)9-14-7-8-14/h4-6,10,13-14,17-18H,3,7-9,11-12H2,1-2H3. The van der Waals surface area contributed by atoms with Gasteiger partial charge in [0.25, 0.3) is 0 Å². The molecule has 0 spiro atoms. The lowest BCUT2D eigenvalue weighted by Gasteiger charge is -2.14. The van der Waals surface area contributed by atoms with Gasteiger partial charge in [-0.15, -0.1) is 0 Å². The molecule has 1 saturated carbocycles. The van der Waals surface area contributed by atoms with Crippen molar-refractivity contribution >= 4 is 10.0 Å². The lowest BCUT2D eigenvalue weighted by Crippen LogP contribution is -2.33. The van der Waals surface area contributed by atoms with Crippen LogP contribution in [0.25, 0.3) is 0 Å². The smallest absolute Gasteiger partial charge is 0.216 e. The van der Waals surface area contributed by atoms with E-state index in [2.05, 4.69) is 17.0 Å². The molecule has 1 fully saturated rings. The van der Waals surface area contributed by atoms with Gasteiger partial charge >= 0.3 is 0 Å². The monoisotopic (exact) mass is 310 g/mol. The van der Waals surface area contributed by atoms with E-state index in [-0.39, 0.29) is 11.8 Å². The zero-order valence-electron chi connectivity index (χ0n) is 12.9. The third kappa shape index (κ3) is 6.16. The van der Waals surface area contributed by atoms with E-state index in [1.807, 2.05) is 31.2 Å². The van der Waals surface area contributed by atoms with E-state index in [0.29, 0.717) is 0 Å². The van der Waals surface area contributed by atoms with Crippen LogP contribution in [0.3, 0.4) is 0 Å². The first-order chi connectivity index (χ1) is 9.98. The summed E-state index contributed by atoms with van der Waals surface area (Å²) in [5.41, 5.74) is 1.96. The minimum atomic E-state index is -3.26. The van der Waals surface area contributed by atoms with Crippen LogP contribution in [-0.2, 0) is 22.3 Å². The summed E-state index contributed by atoms with van der Waals surface area (Å²) < 4.78 is 27.2. The molecular weight excluding hydrogens is 284 g/mol. The summed E-state index contributed by atoms with van der Waals surface area (Å²) in [5, 5.41) is 3.25. The van der Waals surface area contributed by atoms with Gasteiger partial charge in [0.1, 0.15) is 0 Å². The zero-order valence-corrected chi connectivity index (χ0v) is 13.7. The summed E-state index contributed by atoms with van der Waals surface area (Å²) >= 11 is 0. The van der Waals surface area contributed by atoms with E-state index in [9.17, 15) is 8.42 Å². The van der Waals surface area contributed by atoms with Crippen LogP contribution in [0.1, 0.15) is 44.2 Å². The van der Waals surface area contributed by atoms with E-state index in [1.54, 1.807) is 0 Å². The van der Waals surface area contributed by atoms with Crippen LogP contribution < -0.4 is 10.0 Å². The van der Waals surface area contributed by atoms with E-state index in [4.69, 9.17) is 0 Å². The number of hydrogen-bond donors (Lipinski definition) is 2. The van der Waals surface area contributed by atoms with E-state index >= 15 is 0 Å². The molecule has 1 atom stereocenters. The fourth-order valence-corrected chi connectivity index (χ4v) is 3.98. The minimum Gasteiger partial charge on any atom is -0.313 e. The lowest BCUT2D eigenvalue weighted by atomic mass is 10.1. The van der Waals surface area contributed by atoms with Crippen molar-refractivity contribution in [2.24, 2.45) is 5.92 Å². The SMILES string of the molecule is CCNCc1cccc(CS(=O)(=O)NC(C)CC2CC2)c1. The number of sulfonamides is 1. The predicted molar refractivity (Wildman–Crippen MR) is 86.4 cm³/mol. The van der Waals surface area contributed by atoms with Gasteiger partial charge in [-0.05, 0) is 36.9 Å². The Balaban J connectivity index is 1.91. The molecule has 1 aliphatic rings. The average Bonchev–Trinajstić information content (AvgIpc) is 3.19. The summed E-state index contributed by atoms with van der Waals surface area (Å²) in [7, 11) is -3.26. The number of nitrogens with one attached hydrogen (secondary N) is 2. The van der Waals surface area contributed by atoms with Crippen LogP contribution in [0.5, 0.6) is 0 Å². The summed E-state index contributed by atoms with van der Waals surface area (Å²) in [4.78, 5) is 0. The predicted octanol–water partition coefficient (Wildman–Crippen LogP) is 2.40. The van der Waals surface area contributed by atoms with E-state index in [0.717, 1.165) is 36.6 Å². The first-order valence-electron chi connectivity index (χ1n) is 7.77. The van der Waals surface area contributed by atoms with Crippen molar-refractivity contribution in [1.82, 2.24) is 10.0 Å². The van der Waals surface area contributed by atoms with Gasteiger partial charge in [0, 0.05) is 12.6 Å². The molecular formula is C16H26N2O2S. The molecule has 0 saturated heterocycles. The molecule has 1 aromatic carbocycles. The zero-order chi connectivity index (χ0) is 15.3. The molecule has 2 rings (SSSR count). The molecule has 21 heavy (non-hydrogen) atoms. The highest BCUT2D eigenvalue weighted by Gasteiger charge is 2.25. The second-order valence-corrected chi connectivity index (χ2v) is 7.81. The lowest BCUT2D eigenvalue weighted by molar-refractivity contribution is 0.529. The Morgan fingerprint density at radius 3 is 2.67 bits per heavy atom. The highest BCUT2D eigenvalue weighted by molar-refractivity contribution is 7.88. The highest BCUT2D eigenvalue weighted by atomic mass is 32.2. The Kier molecular flexibility index (Phi) is 5.79. The average molecular weight is 310 g/mol. The van der Waals surface area contributed by atoms with E-state index < -0.39 is 10.0 Å². The van der Waals surface area contributed by atoms with Gasteiger partial charge in [-0.1, -0.05) is 44.0 Å². The summed E-state index contributed by atoms with van der Waals surface area (Å²) in [5.74, 6) is 0.785. The van der Waals surface area contributed by atoms with Crippen LogP contribution in [0, 0.1) is 5.92 Å². The van der Waals surface area contributed by atoms with Crippen molar-refractivity contribution in [1.29, 1.82) is 0 Å². The molecule has 0 heterocycles. The van der Waals surface area contributed by atoms with Crippen molar-refractivity contribution in [3.8, 4) is 0 Å². The van der Waals surface area contributed by atoms with Crippen molar-refractivity contribution in [3.63, 3.8) is 0 Å². The van der Waals surface area contributed by atoms with Crippen molar-refractivity contribution < 1.29 is 8.42 Å². The maximum Gasteiger partial charge on any atom is 0.216 e. The molecule has 118 valence electrons. The molecule has 0 aliphatic heterocycles. The largest absolute Gasteiger partial charge is 0.313 e. The molecule has 5 heteroatoms. The van der Waals surface area contributed by atoms with Crippen LogP contribution in [0.15, 0.2) is 24.3 Å². The molecule has 1 aromatic rings. The Hall–Kier alpha value is -0.910. The Morgan fingerprint density at radius 1 is 1.29 bits per heavy atom. The molecule has 0 aromatic heterocycles. The van der Waals surface area contributed by atoms with Crippen molar-refractivity contribution in [2.75, 3.05) is 6.54 Å². The minimum absolute atomic E-state index is 0.0347. The van der Waals surface area contributed by atoms with E-state index in [1.165, 1.54) is 12.8 Å². The molecule has 0 bridgehead atoms. The maximum atomic E-state index is 12.2. The molecule has 0 radical (unpaired) electrons. The Bertz CT molecular complexity index is 553. The normalized spacial score (nSPS) is 16.9. The van der Waals surface area contributed by atoms with Gasteiger partial charge in [0.2, 0.25) is 10.0 Å². The van der Waals surface area contributed by atoms with Crippen LogP contribution >= 0.6 is 0 Å². The van der Waals surface area contributed by atoms with Gasteiger partial charge < -0.3 is 5.32 Å². The summed E-state index contributed by atoms with van der Waals surface area (Å²) in [6, 6.07) is 7.81. The first-order valence-corrected chi connectivity index (χ1v) is 9.42. The molecule has 2 N–H and O–H groups in total. The van der Waals surface area contributed by atoms with Crippen LogP contribution in [-0.4, -0.2) is 21.0 Å². The third-order valence-corrected chi connectivity index (χ3v) is 5.17. The fourth-order valence-electron chi connectivity index (χ4n) is 2.57. The number of rotatable bonds is 9. The summed E-state index contributed by atoms with van der Waals surface area (Å²) in [6.45, 7) is 5.69. The van der Waals surface area contributed by atoms with Gasteiger partial charge in [0.05, 0.1) is 5.75 Å². The van der Waals surface area contributed by atoms with Crippen molar-refractivity contribution in [3.05, 3.63) is 35.4 Å². The number of hydrogen-bond acceptors (Lipinski definition) is 3. The van der Waals surface area contributed by atoms with Gasteiger partial charge in [-0.25, -0.2) is 13.1 Å². The maximum absolute atomic E-state index is 12.2. The molecule has 1 aliphatic carbocycles. The topological polar surface area (TPSA) is 58.2 Å². The quantitative estimate of drug-likeness (QED) is 0.736. The first kappa shape index (κ1) is 16.5. The second-order valence-electron chi connectivity index (χ2n) is 6.06. The molecule has 0 amide bonds. The number of benzene rings is 1. The van der Waals surface area contributed by atoms with Gasteiger partial charge in [0.15, 0.2) is 0 Å². The molecule has 1 unspecified atom stereocenters. The molecule has 4 nitrogen and oxygen atoms in total. The second kappa shape index (κ2) is 7.38. The highest BCUT2D eigenvalue weighted by Crippen LogP contribution is 2.33. The Labute approximate surface area is 128 Å². The van der Waals surface area contributed by atoms with Gasteiger partial charge in [-0.3, -0.25) is 0 Å². The van der Waals surface area contributed by atoms with Crippen LogP contribution in [0.4, 0.5) is 0 Å².